The molecular weight excluding hydrogens is 200 g/mol. The maximum atomic E-state index is 3.71. The summed E-state index contributed by atoms with van der Waals surface area (Å²) in [6.07, 6.45) is 2.88. The lowest BCUT2D eigenvalue weighted by molar-refractivity contribution is 1.21. The maximum Gasteiger partial charge on any atom is 0.0178 e. The Morgan fingerprint density at radius 2 is 2.27 bits per heavy atom. The predicted molar refractivity (Wildman–Crippen MR) is 52.8 cm³/mol. The molecule has 0 nitrogen and oxygen atoms in total. The van der Waals surface area contributed by atoms with Crippen LogP contribution >= 0.6 is 15.9 Å². The average molecular weight is 211 g/mol. The molecule has 0 heterocycles. The second-order valence-corrected chi connectivity index (χ2v) is 3.48. The van der Waals surface area contributed by atoms with Crippen LogP contribution in [0.1, 0.15) is 11.1 Å². The standard InChI is InChI=1S/C10H11Br/c1-3-4-9-7-10(11)6-5-8(9)2/h3,5-7H,1,4H2,2H3. The van der Waals surface area contributed by atoms with E-state index in [4.69, 9.17) is 0 Å². The molecule has 0 bridgehead atoms. The molecule has 0 radical (unpaired) electrons. The number of aryl methyl sites for hydroxylation is 1. The highest BCUT2D eigenvalue weighted by Gasteiger charge is 1.95. The lowest BCUT2D eigenvalue weighted by Crippen LogP contribution is -1.85. The molecule has 58 valence electrons. The Hall–Kier alpha value is -0.560. The quantitative estimate of drug-likeness (QED) is 0.657. The fraction of sp³-hybridized carbons (Fsp3) is 0.200. The van der Waals surface area contributed by atoms with Crippen molar-refractivity contribution < 1.29 is 0 Å². The smallest absolute Gasteiger partial charge is 0.0178 e. The van der Waals surface area contributed by atoms with E-state index in [1.807, 2.05) is 6.08 Å². The van der Waals surface area contributed by atoms with Gasteiger partial charge in [0.25, 0.3) is 0 Å². The van der Waals surface area contributed by atoms with Crippen LogP contribution in [0.5, 0.6) is 0 Å². The van der Waals surface area contributed by atoms with Gasteiger partial charge in [0, 0.05) is 4.47 Å². The van der Waals surface area contributed by atoms with Crippen molar-refractivity contribution >= 4 is 15.9 Å². The summed E-state index contributed by atoms with van der Waals surface area (Å²) < 4.78 is 1.14. The normalized spacial score (nSPS) is 9.64. The molecule has 0 spiro atoms. The van der Waals surface area contributed by atoms with Gasteiger partial charge in [-0.2, -0.15) is 0 Å². The Kier molecular flexibility index (Phi) is 2.89. The molecule has 0 amide bonds. The largest absolute Gasteiger partial charge is 0.103 e. The van der Waals surface area contributed by atoms with Crippen LogP contribution in [0.4, 0.5) is 0 Å². The molecule has 11 heavy (non-hydrogen) atoms. The molecule has 0 fully saturated rings. The second-order valence-electron chi connectivity index (χ2n) is 2.56. The van der Waals surface area contributed by atoms with Crippen molar-refractivity contribution in [3.05, 3.63) is 46.5 Å². The molecule has 1 rings (SSSR count). The summed E-state index contributed by atoms with van der Waals surface area (Å²) in [6.45, 7) is 5.83. The minimum Gasteiger partial charge on any atom is -0.103 e. The molecule has 0 aromatic heterocycles. The van der Waals surface area contributed by atoms with Crippen LogP contribution in [-0.4, -0.2) is 0 Å². The van der Waals surface area contributed by atoms with Crippen molar-refractivity contribution in [2.24, 2.45) is 0 Å². The lowest BCUT2D eigenvalue weighted by atomic mass is 10.1. The van der Waals surface area contributed by atoms with Gasteiger partial charge in [-0.3, -0.25) is 0 Å². The summed E-state index contributed by atoms with van der Waals surface area (Å²) in [5, 5.41) is 0. The second kappa shape index (κ2) is 3.72. The SMILES string of the molecule is C=CCc1cc(Br)ccc1C. The minimum absolute atomic E-state index is 0.950. The number of benzene rings is 1. The average Bonchev–Trinajstić information content (AvgIpc) is 1.98. The first kappa shape index (κ1) is 8.54. The Balaban J connectivity index is 3.01. The highest BCUT2D eigenvalue weighted by Crippen LogP contribution is 2.16. The van der Waals surface area contributed by atoms with E-state index < -0.39 is 0 Å². The Morgan fingerprint density at radius 3 is 2.91 bits per heavy atom. The zero-order valence-corrected chi connectivity index (χ0v) is 8.19. The summed E-state index contributed by atoms with van der Waals surface area (Å²) in [5.74, 6) is 0. The first-order valence-electron chi connectivity index (χ1n) is 3.60. The predicted octanol–water partition coefficient (Wildman–Crippen LogP) is 3.49. The number of rotatable bonds is 2. The molecule has 0 aliphatic carbocycles. The highest BCUT2D eigenvalue weighted by molar-refractivity contribution is 9.10. The molecule has 1 aromatic rings. The summed E-state index contributed by atoms with van der Waals surface area (Å²) in [4.78, 5) is 0. The third-order valence-corrected chi connectivity index (χ3v) is 2.17. The fourth-order valence-corrected chi connectivity index (χ4v) is 1.42. The molecule has 0 saturated heterocycles. The number of hydrogen-bond donors (Lipinski definition) is 0. The van der Waals surface area contributed by atoms with E-state index in [-0.39, 0.29) is 0 Å². The van der Waals surface area contributed by atoms with E-state index in [0.29, 0.717) is 0 Å². The molecule has 1 aromatic carbocycles. The summed E-state index contributed by atoms with van der Waals surface area (Å²) in [6, 6.07) is 6.31. The van der Waals surface area contributed by atoms with Gasteiger partial charge in [-0.15, -0.1) is 6.58 Å². The molecule has 1 heteroatoms. The summed E-state index contributed by atoms with van der Waals surface area (Å²) in [7, 11) is 0. The fourth-order valence-electron chi connectivity index (χ4n) is 1.02. The molecular formula is C10H11Br. The van der Waals surface area contributed by atoms with E-state index in [0.717, 1.165) is 10.9 Å². The van der Waals surface area contributed by atoms with Gasteiger partial charge in [0.1, 0.15) is 0 Å². The first-order chi connectivity index (χ1) is 5.24. The first-order valence-corrected chi connectivity index (χ1v) is 4.39. The monoisotopic (exact) mass is 210 g/mol. The van der Waals surface area contributed by atoms with Gasteiger partial charge >= 0.3 is 0 Å². The molecule has 0 aliphatic rings. The van der Waals surface area contributed by atoms with Crippen molar-refractivity contribution in [1.82, 2.24) is 0 Å². The van der Waals surface area contributed by atoms with Crippen molar-refractivity contribution in [3.8, 4) is 0 Å². The molecule has 0 aliphatic heterocycles. The Bertz CT molecular complexity index is 264. The van der Waals surface area contributed by atoms with E-state index in [9.17, 15) is 0 Å². The number of halogens is 1. The van der Waals surface area contributed by atoms with Gasteiger partial charge in [-0.25, -0.2) is 0 Å². The third kappa shape index (κ3) is 2.19. The van der Waals surface area contributed by atoms with Gasteiger partial charge in [0.05, 0.1) is 0 Å². The van der Waals surface area contributed by atoms with Crippen molar-refractivity contribution in [2.45, 2.75) is 13.3 Å². The van der Waals surface area contributed by atoms with Gasteiger partial charge < -0.3 is 0 Å². The minimum atomic E-state index is 0.950. The molecule has 0 saturated carbocycles. The van der Waals surface area contributed by atoms with Crippen LogP contribution in [0.25, 0.3) is 0 Å². The molecule has 0 atom stereocenters. The number of hydrogen-bond acceptors (Lipinski definition) is 0. The molecule has 0 unspecified atom stereocenters. The van der Waals surface area contributed by atoms with E-state index in [2.05, 4.69) is 47.6 Å². The summed E-state index contributed by atoms with van der Waals surface area (Å²) >= 11 is 3.43. The van der Waals surface area contributed by atoms with Crippen molar-refractivity contribution in [3.63, 3.8) is 0 Å². The topological polar surface area (TPSA) is 0 Å². The highest BCUT2D eigenvalue weighted by atomic mass is 79.9. The Labute approximate surface area is 76.1 Å². The zero-order valence-electron chi connectivity index (χ0n) is 6.60. The van der Waals surface area contributed by atoms with E-state index in [1.54, 1.807) is 0 Å². The van der Waals surface area contributed by atoms with Crippen LogP contribution in [0.3, 0.4) is 0 Å². The van der Waals surface area contributed by atoms with Crippen LogP contribution in [0, 0.1) is 6.92 Å². The summed E-state index contributed by atoms with van der Waals surface area (Å²) in [5.41, 5.74) is 2.67. The lowest BCUT2D eigenvalue weighted by Gasteiger charge is -2.02. The maximum absolute atomic E-state index is 3.71. The Morgan fingerprint density at radius 1 is 1.55 bits per heavy atom. The van der Waals surface area contributed by atoms with E-state index >= 15 is 0 Å². The van der Waals surface area contributed by atoms with E-state index in [1.165, 1.54) is 11.1 Å². The van der Waals surface area contributed by atoms with Crippen LogP contribution in [0.15, 0.2) is 35.3 Å². The van der Waals surface area contributed by atoms with Crippen LogP contribution < -0.4 is 0 Å². The van der Waals surface area contributed by atoms with Crippen LogP contribution in [-0.2, 0) is 6.42 Å². The third-order valence-electron chi connectivity index (χ3n) is 1.68. The van der Waals surface area contributed by atoms with Crippen molar-refractivity contribution in [1.29, 1.82) is 0 Å². The van der Waals surface area contributed by atoms with Gasteiger partial charge in [-0.1, -0.05) is 28.1 Å². The van der Waals surface area contributed by atoms with Gasteiger partial charge in [-0.05, 0) is 36.6 Å². The van der Waals surface area contributed by atoms with Crippen LogP contribution in [0.2, 0.25) is 0 Å². The van der Waals surface area contributed by atoms with Gasteiger partial charge in [0.2, 0.25) is 0 Å². The zero-order chi connectivity index (χ0) is 8.27. The van der Waals surface area contributed by atoms with Crippen molar-refractivity contribution in [2.75, 3.05) is 0 Å². The van der Waals surface area contributed by atoms with Gasteiger partial charge in [0.15, 0.2) is 0 Å². The molecule has 0 N–H and O–H groups in total. The number of allylic oxidation sites excluding steroid dienone is 1.